The number of imidazole rings is 1. The Morgan fingerprint density at radius 1 is 1.38 bits per heavy atom. The average Bonchev–Trinajstić information content (AvgIpc) is 2.72. The molecule has 0 aliphatic heterocycles. The maximum atomic E-state index is 10.8. The number of fused-ring (bicyclic) bond motifs is 1. The van der Waals surface area contributed by atoms with Gasteiger partial charge in [-0.1, -0.05) is 12.1 Å². The third-order valence-corrected chi connectivity index (χ3v) is 2.91. The summed E-state index contributed by atoms with van der Waals surface area (Å²) in [5.74, 6) is -0.407. The van der Waals surface area contributed by atoms with Crippen molar-refractivity contribution in [3.8, 4) is 0 Å². The van der Waals surface area contributed by atoms with Crippen LogP contribution < -0.4 is 0 Å². The Hall–Kier alpha value is -1.92. The summed E-state index contributed by atoms with van der Waals surface area (Å²) in [5.41, 5.74) is 0.888. The molecule has 1 aromatic carbocycles. The van der Waals surface area contributed by atoms with Crippen LogP contribution in [-0.4, -0.2) is 31.3 Å². The molecule has 0 saturated carbocycles. The molecule has 0 radical (unpaired) electrons. The normalized spacial score (nSPS) is 13.5. The third-order valence-electron chi connectivity index (χ3n) is 2.91. The maximum absolute atomic E-state index is 10.8. The highest BCUT2D eigenvalue weighted by atomic mass is 16.6. The number of aliphatic hydroxyl groups is 1. The molecular weight excluding hydrogens is 272 g/mol. The second-order valence-corrected chi connectivity index (χ2v) is 5.84. The number of aliphatic carboxylic acids is 1. The van der Waals surface area contributed by atoms with Gasteiger partial charge in [0.25, 0.3) is 0 Å². The fourth-order valence-electron chi connectivity index (χ4n) is 2.10. The summed E-state index contributed by atoms with van der Waals surface area (Å²) in [6.07, 6.45) is -1.03. The molecule has 1 unspecified atom stereocenters. The lowest BCUT2D eigenvalue weighted by atomic mass is 10.2. The molecule has 2 N–H and O–H groups in total. The largest absolute Gasteiger partial charge is 0.481 e. The second kappa shape index (κ2) is 5.83. The molecular formula is C15H20N2O4. The minimum atomic E-state index is -1.21. The Bertz CT molecular complexity index is 643. The monoisotopic (exact) mass is 292 g/mol. The number of nitrogens with zero attached hydrogens (tertiary/aromatic N) is 2. The first-order chi connectivity index (χ1) is 9.78. The molecule has 0 spiro atoms. The number of ether oxygens (including phenoxy) is 1. The molecule has 0 aliphatic rings. The zero-order chi connectivity index (χ0) is 15.6. The van der Waals surface area contributed by atoms with Crippen LogP contribution in [0.2, 0.25) is 0 Å². The molecule has 1 heterocycles. The number of carboxylic acids is 1. The highest BCUT2D eigenvalue weighted by Crippen LogP contribution is 2.24. The first-order valence-electron chi connectivity index (χ1n) is 6.81. The van der Waals surface area contributed by atoms with Crippen LogP contribution in [0.25, 0.3) is 11.0 Å². The van der Waals surface area contributed by atoms with Crippen molar-refractivity contribution in [3.63, 3.8) is 0 Å². The SMILES string of the molecule is CC(C)(C)OC(O)n1c(CCC(=O)O)nc2ccccc21. The van der Waals surface area contributed by atoms with E-state index in [1.165, 1.54) is 0 Å². The van der Waals surface area contributed by atoms with Crippen molar-refractivity contribution in [3.05, 3.63) is 30.1 Å². The van der Waals surface area contributed by atoms with Gasteiger partial charge in [0, 0.05) is 6.42 Å². The molecule has 21 heavy (non-hydrogen) atoms. The van der Waals surface area contributed by atoms with E-state index >= 15 is 0 Å². The molecule has 1 aromatic heterocycles. The summed E-state index contributed by atoms with van der Waals surface area (Å²) in [5, 5.41) is 19.2. The number of rotatable bonds is 5. The molecule has 0 saturated heterocycles. The molecule has 2 aromatic rings. The lowest BCUT2D eigenvalue weighted by Gasteiger charge is -2.26. The highest BCUT2D eigenvalue weighted by Gasteiger charge is 2.22. The van der Waals surface area contributed by atoms with Crippen molar-refractivity contribution < 1.29 is 19.7 Å². The Balaban J connectivity index is 2.42. The van der Waals surface area contributed by atoms with Crippen molar-refractivity contribution in [2.75, 3.05) is 0 Å². The Morgan fingerprint density at radius 3 is 2.67 bits per heavy atom. The van der Waals surface area contributed by atoms with Crippen molar-refractivity contribution in [2.24, 2.45) is 0 Å². The van der Waals surface area contributed by atoms with Crippen molar-refractivity contribution in [2.45, 2.75) is 45.6 Å². The van der Waals surface area contributed by atoms with Crippen LogP contribution in [0.4, 0.5) is 0 Å². The third kappa shape index (κ3) is 3.80. The highest BCUT2D eigenvalue weighted by molar-refractivity contribution is 5.76. The molecule has 2 rings (SSSR count). The van der Waals surface area contributed by atoms with Gasteiger partial charge in [0.05, 0.1) is 23.1 Å². The summed E-state index contributed by atoms with van der Waals surface area (Å²) in [7, 11) is 0. The van der Waals surface area contributed by atoms with E-state index in [2.05, 4.69) is 4.98 Å². The van der Waals surface area contributed by atoms with Crippen molar-refractivity contribution in [1.29, 1.82) is 0 Å². The van der Waals surface area contributed by atoms with E-state index in [1.807, 2.05) is 45.0 Å². The van der Waals surface area contributed by atoms with Gasteiger partial charge in [-0.2, -0.15) is 0 Å². The number of aryl methyl sites for hydroxylation is 1. The average molecular weight is 292 g/mol. The van der Waals surface area contributed by atoms with Gasteiger partial charge in [0.1, 0.15) is 5.82 Å². The van der Waals surface area contributed by atoms with Gasteiger partial charge in [-0.25, -0.2) is 4.98 Å². The smallest absolute Gasteiger partial charge is 0.303 e. The van der Waals surface area contributed by atoms with Crippen LogP contribution >= 0.6 is 0 Å². The number of hydrogen-bond donors (Lipinski definition) is 2. The molecule has 6 nitrogen and oxygen atoms in total. The van der Waals surface area contributed by atoms with Crippen LogP contribution in [0.3, 0.4) is 0 Å². The van der Waals surface area contributed by atoms with E-state index in [4.69, 9.17) is 9.84 Å². The first-order valence-corrected chi connectivity index (χ1v) is 6.81. The minimum absolute atomic E-state index is 0.0500. The Kier molecular flexibility index (Phi) is 4.29. The van der Waals surface area contributed by atoms with E-state index in [0.717, 1.165) is 5.52 Å². The molecule has 1 atom stereocenters. The van der Waals surface area contributed by atoms with Gasteiger partial charge in [0.2, 0.25) is 6.41 Å². The van der Waals surface area contributed by atoms with E-state index < -0.39 is 18.0 Å². The lowest BCUT2D eigenvalue weighted by Crippen LogP contribution is -2.26. The number of benzene rings is 1. The fourth-order valence-corrected chi connectivity index (χ4v) is 2.10. The second-order valence-electron chi connectivity index (χ2n) is 5.84. The van der Waals surface area contributed by atoms with Crippen LogP contribution in [-0.2, 0) is 16.0 Å². The Labute approximate surface area is 123 Å². The summed E-state index contributed by atoms with van der Waals surface area (Å²) < 4.78 is 7.11. The van der Waals surface area contributed by atoms with E-state index in [0.29, 0.717) is 11.3 Å². The minimum Gasteiger partial charge on any atom is -0.481 e. The first kappa shape index (κ1) is 15.5. The topological polar surface area (TPSA) is 84.6 Å². The summed E-state index contributed by atoms with van der Waals surface area (Å²) in [4.78, 5) is 15.2. The van der Waals surface area contributed by atoms with Gasteiger partial charge in [-0.15, -0.1) is 0 Å². The number of aliphatic hydroxyl groups excluding tert-OH is 1. The van der Waals surface area contributed by atoms with E-state index in [-0.39, 0.29) is 12.8 Å². The number of carboxylic acid groups (broad SMARTS) is 1. The molecule has 114 valence electrons. The molecule has 6 heteroatoms. The summed E-state index contributed by atoms with van der Waals surface area (Å²) in [6, 6.07) is 7.32. The molecule has 0 fully saturated rings. The zero-order valence-corrected chi connectivity index (χ0v) is 12.4. The molecule has 0 aliphatic carbocycles. The molecule has 0 bridgehead atoms. The van der Waals surface area contributed by atoms with E-state index in [9.17, 15) is 9.90 Å². The number of para-hydroxylation sites is 2. The molecule has 0 amide bonds. The van der Waals surface area contributed by atoms with Crippen molar-refractivity contribution >= 4 is 17.0 Å². The summed E-state index contributed by atoms with van der Waals surface area (Å²) >= 11 is 0. The van der Waals surface area contributed by atoms with Gasteiger partial charge in [-0.3, -0.25) is 9.36 Å². The lowest BCUT2D eigenvalue weighted by molar-refractivity contribution is -0.208. The van der Waals surface area contributed by atoms with Crippen LogP contribution in [0.1, 0.15) is 39.4 Å². The van der Waals surface area contributed by atoms with Gasteiger partial charge < -0.3 is 14.9 Å². The fraction of sp³-hybridized carbons (Fsp3) is 0.467. The number of hydrogen-bond acceptors (Lipinski definition) is 4. The number of aromatic nitrogens is 2. The summed E-state index contributed by atoms with van der Waals surface area (Å²) in [6.45, 7) is 5.52. The van der Waals surface area contributed by atoms with E-state index in [1.54, 1.807) is 4.57 Å². The quantitative estimate of drug-likeness (QED) is 0.826. The predicted molar refractivity (Wildman–Crippen MR) is 77.8 cm³/mol. The van der Waals surface area contributed by atoms with Gasteiger partial charge >= 0.3 is 5.97 Å². The maximum Gasteiger partial charge on any atom is 0.303 e. The predicted octanol–water partition coefficient (Wildman–Crippen LogP) is 2.32. The van der Waals surface area contributed by atoms with Crippen LogP contribution in [0, 0.1) is 0 Å². The Morgan fingerprint density at radius 2 is 2.05 bits per heavy atom. The van der Waals surface area contributed by atoms with Crippen molar-refractivity contribution in [1.82, 2.24) is 9.55 Å². The van der Waals surface area contributed by atoms with Gasteiger partial charge in [-0.05, 0) is 32.9 Å². The van der Waals surface area contributed by atoms with Gasteiger partial charge in [0.15, 0.2) is 0 Å². The number of carbonyl (C=O) groups is 1. The van der Waals surface area contributed by atoms with Crippen LogP contribution in [0.15, 0.2) is 24.3 Å². The van der Waals surface area contributed by atoms with Crippen LogP contribution in [0.5, 0.6) is 0 Å². The standard InChI is InChI=1S/C15H20N2O4/c1-15(2,3)21-14(20)17-11-7-5-4-6-10(11)16-12(17)8-9-13(18)19/h4-7,14,20H,8-9H2,1-3H3,(H,18,19). The zero-order valence-electron chi connectivity index (χ0n) is 12.4.